The summed E-state index contributed by atoms with van der Waals surface area (Å²) in [6.45, 7) is 5.31. The minimum atomic E-state index is -3.13. The van der Waals surface area contributed by atoms with Crippen LogP contribution in [0.1, 0.15) is 44.6 Å². The fourth-order valence-corrected chi connectivity index (χ4v) is 4.30. The molecular weight excluding hydrogens is 324 g/mol. The molecule has 1 fully saturated rings. The van der Waals surface area contributed by atoms with Gasteiger partial charge in [-0.3, -0.25) is 4.79 Å². The van der Waals surface area contributed by atoms with Crippen LogP contribution in [0.5, 0.6) is 0 Å². The molecule has 1 N–H and O–H groups in total. The summed E-state index contributed by atoms with van der Waals surface area (Å²) < 4.78 is 25.2. The Balaban J connectivity index is 1.83. The van der Waals surface area contributed by atoms with E-state index in [-0.39, 0.29) is 17.6 Å². The van der Waals surface area contributed by atoms with Crippen LogP contribution >= 0.6 is 0 Å². The zero-order valence-corrected chi connectivity index (χ0v) is 15.4. The highest BCUT2D eigenvalue weighted by atomic mass is 32.2. The van der Waals surface area contributed by atoms with Crippen molar-refractivity contribution < 1.29 is 13.2 Å². The van der Waals surface area contributed by atoms with Gasteiger partial charge in [-0.15, -0.1) is 0 Å². The first-order chi connectivity index (χ1) is 11.5. The summed E-state index contributed by atoms with van der Waals surface area (Å²) in [7, 11) is -3.13. The number of carbonyl (C=O) groups excluding carboxylic acids is 1. The van der Waals surface area contributed by atoms with E-state index < -0.39 is 10.0 Å². The molecule has 2 rings (SSSR count). The van der Waals surface area contributed by atoms with Crippen molar-refractivity contribution in [1.29, 1.82) is 0 Å². The van der Waals surface area contributed by atoms with Gasteiger partial charge >= 0.3 is 0 Å². The molecular formula is C18H28N2O3S. The fourth-order valence-electron chi connectivity index (χ4n) is 3.17. The molecule has 0 saturated carbocycles. The van der Waals surface area contributed by atoms with Gasteiger partial charge in [-0.05, 0) is 31.7 Å². The van der Waals surface area contributed by atoms with Gasteiger partial charge in [-0.2, -0.15) is 0 Å². The number of sulfonamides is 1. The Morgan fingerprint density at radius 1 is 1.21 bits per heavy atom. The highest BCUT2D eigenvalue weighted by molar-refractivity contribution is 7.89. The van der Waals surface area contributed by atoms with Crippen molar-refractivity contribution >= 4 is 15.9 Å². The normalized spacial score (nSPS) is 18.2. The van der Waals surface area contributed by atoms with Crippen LogP contribution < -0.4 is 5.32 Å². The lowest BCUT2D eigenvalue weighted by atomic mass is 9.94. The Kier molecular flexibility index (Phi) is 6.80. The molecule has 1 aromatic carbocycles. The number of nitrogens with zero attached hydrogens (tertiary/aromatic N) is 1. The summed E-state index contributed by atoms with van der Waals surface area (Å²) in [4.78, 5) is 12.4. The van der Waals surface area contributed by atoms with E-state index in [1.165, 1.54) is 9.87 Å². The highest BCUT2D eigenvalue weighted by Crippen LogP contribution is 2.21. The molecule has 1 unspecified atom stereocenters. The number of piperidine rings is 1. The summed E-state index contributed by atoms with van der Waals surface area (Å²) in [5.74, 6) is 0.411. The SMILES string of the molecule is CCC(CNC(=O)C1CCN(S(=O)(=O)CC)CC1)c1ccccc1. The second-order valence-corrected chi connectivity index (χ2v) is 8.59. The third-order valence-corrected chi connectivity index (χ3v) is 6.75. The van der Waals surface area contributed by atoms with Gasteiger partial charge in [0.1, 0.15) is 0 Å². The van der Waals surface area contributed by atoms with Crippen molar-refractivity contribution in [2.24, 2.45) is 5.92 Å². The Hall–Kier alpha value is -1.40. The van der Waals surface area contributed by atoms with E-state index >= 15 is 0 Å². The molecule has 1 heterocycles. The van der Waals surface area contributed by atoms with E-state index in [0.29, 0.717) is 38.4 Å². The summed E-state index contributed by atoms with van der Waals surface area (Å²) in [5, 5.41) is 3.06. The molecule has 0 spiro atoms. The zero-order valence-electron chi connectivity index (χ0n) is 14.6. The lowest BCUT2D eigenvalue weighted by Crippen LogP contribution is -2.44. The van der Waals surface area contributed by atoms with Crippen molar-refractivity contribution in [3.8, 4) is 0 Å². The van der Waals surface area contributed by atoms with Crippen LogP contribution in [-0.2, 0) is 14.8 Å². The van der Waals surface area contributed by atoms with E-state index in [1.54, 1.807) is 6.92 Å². The first kappa shape index (κ1) is 18.9. The zero-order chi connectivity index (χ0) is 17.6. The fraction of sp³-hybridized carbons (Fsp3) is 0.611. The maximum atomic E-state index is 12.4. The van der Waals surface area contributed by atoms with Crippen molar-refractivity contribution in [2.45, 2.75) is 39.0 Å². The average Bonchev–Trinajstić information content (AvgIpc) is 2.63. The minimum absolute atomic E-state index is 0.0536. The maximum absolute atomic E-state index is 12.4. The molecule has 1 aromatic rings. The second kappa shape index (κ2) is 8.62. The Bertz CT molecular complexity index is 623. The second-order valence-electron chi connectivity index (χ2n) is 6.33. The highest BCUT2D eigenvalue weighted by Gasteiger charge is 2.30. The molecule has 6 heteroatoms. The third-order valence-electron chi connectivity index (χ3n) is 4.87. The number of hydrogen-bond acceptors (Lipinski definition) is 3. The van der Waals surface area contributed by atoms with Crippen LogP contribution in [0.2, 0.25) is 0 Å². The topological polar surface area (TPSA) is 66.5 Å². The molecule has 0 bridgehead atoms. The van der Waals surface area contributed by atoms with Gasteiger partial charge in [0.2, 0.25) is 15.9 Å². The van der Waals surface area contributed by atoms with E-state index in [1.807, 2.05) is 18.2 Å². The first-order valence-electron chi connectivity index (χ1n) is 8.78. The van der Waals surface area contributed by atoms with Gasteiger partial charge in [0.15, 0.2) is 0 Å². The number of carbonyl (C=O) groups is 1. The molecule has 1 aliphatic heterocycles. The number of benzene rings is 1. The molecule has 0 radical (unpaired) electrons. The number of amides is 1. The monoisotopic (exact) mass is 352 g/mol. The maximum Gasteiger partial charge on any atom is 0.223 e. The van der Waals surface area contributed by atoms with E-state index in [9.17, 15) is 13.2 Å². The smallest absolute Gasteiger partial charge is 0.223 e. The molecule has 1 aliphatic rings. The van der Waals surface area contributed by atoms with Crippen LogP contribution in [0.15, 0.2) is 30.3 Å². The Morgan fingerprint density at radius 2 is 1.83 bits per heavy atom. The van der Waals surface area contributed by atoms with Gasteiger partial charge in [0, 0.05) is 31.5 Å². The minimum Gasteiger partial charge on any atom is -0.355 e. The number of hydrogen-bond donors (Lipinski definition) is 1. The summed E-state index contributed by atoms with van der Waals surface area (Å²) in [5.41, 5.74) is 1.24. The molecule has 0 aromatic heterocycles. The van der Waals surface area contributed by atoms with Gasteiger partial charge in [-0.25, -0.2) is 12.7 Å². The average molecular weight is 353 g/mol. The van der Waals surface area contributed by atoms with Crippen LogP contribution in [0.25, 0.3) is 0 Å². The standard InChI is InChI=1S/C18H28N2O3S/c1-3-15(16-8-6-5-7-9-16)14-19-18(21)17-10-12-20(13-11-17)24(22,23)4-2/h5-9,15,17H,3-4,10-14H2,1-2H3,(H,19,21). The van der Waals surface area contributed by atoms with E-state index in [4.69, 9.17) is 0 Å². The molecule has 1 saturated heterocycles. The van der Waals surface area contributed by atoms with Crippen LogP contribution in [-0.4, -0.2) is 44.0 Å². The predicted octanol–water partition coefficient (Wildman–Crippen LogP) is 2.36. The van der Waals surface area contributed by atoms with Crippen molar-refractivity contribution in [1.82, 2.24) is 9.62 Å². The third kappa shape index (κ3) is 4.80. The number of nitrogens with one attached hydrogen (secondary N) is 1. The molecule has 134 valence electrons. The van der Waals surface area contributed by atoms with E-state index in [2.05, 4.69) is 24.4 Å². The van der Waals surface area contributed by atoms with Crippen molar-refractivity contribution in [2.75, 3.05) is 25.4 Å². The van der Waals surface area contributed by atoms with Crippen LogP contribution in [0.4, 0.5) is 0 Å². The number of rotatable bonds is 7. The summed E-state index contributed by atoms with van der Waals surface area (Å²) >= 11 is 0. The first-order valence-corrected chi connectivity index (χ1v) is 10.4. The Morgan fingerprint density at radius 3 is 2.38 bits per heavy atom. The predicted molar refractivity (Wildman–Crippen MR) is 96.2 cm³/mol. The lowest BCUT2D eigenvalue weighted by Gasteiger charge is -2.30. The van der Waals surface area contributed by atoms with Gasteiger partial charge < -0.3 is 5.32 Å². The molecule has 1 atom stereocenters. The molecule has 0 aliphatic carbocycles. The molecule has 1 amide bonds. The quantitative estimate of drug-likeness (QED) is 0.819. The van der Waals surface area contributed by atoms with Gasteiger partial charge in [0.25, 0.3) is 0 Å². The van der Waals surface area contributed by atoms with Crippen LogP contribution in [0.3, 0.4) is 0 Å². The molecule has 24 heavy (non-hydrogen) atoms. The largest absolute Gasteiger partial charge is 0.355 e. The van der Waals surface area contributed by atoms with Crippen molar-refractivity contribution in [3.63, 3.8) is 0 Å². The molecule has 5 nitrogen and oxygen atoms in total. The van der Waals surface area contributed by atoms with Gasteiger partial charge in [-0.1, -0.05) is 37.3 Å². The summed E-state index contributed by atoms with van der Waals surface area (Å²) in [6.07, 6.45) is 2.18. The summed E-state index contributed by atoms with van der Waals surface area (Å²) in [6, 6.07) is 10.2. The van der Waals surface area contributed by atoms with E-state index in [0.717, 1.165) is 6.42 Å². The lowest BCUT2D eigenvalue weighted by molar-refractivity contribution is -0.126. The van der Waals surface area contributed by atoms with Gasteiger partial charge in [0.05, 0.1) is 5.75 Å². The van der Waals surface area contributed by atoms with Crippen molar-refractivity contribution in [3.05, 3.63) is 35.9 Å². The van der Waals surface area contributed by atoms with Crippen LogP contribution in [0, 0.1) is 5.92 Å². The Labute approximate surface area is 145 Å².